The zero-order valence-corrected chi connectivity index (χ0v) is 17.0. The molecule has 2 saturated heterocycles. The van der Waals surface area contributed by atoms with E-state index in [2.05, 4.69) is 0 Å². The quantitative estimate of drug-likeness (QED) is 0.498. The summed E-state index contributed by atoms with van der Waals surface area (Å²) in [4.78, 5) is 28.1. The third-order valence-electron chi connectivity index (χ3n) is 4.86. The van der Waals surface area contributed by atoms with Crippen molar-refractivity contribution in [3.05, 3.63) is 29.3 Å². The highest BCUT2D eigenvalue weighted by atomic mass is 16.5. The van der Waals surface area contributed by atoms with Gasteiger partial charge in [-0.25, -0.2) is 0 Å². The van der Waals surface area contributed by atoms with Crippen LogP contribution in [0.5, 0.6) is 11.5 Å². The van der Waals surface area contributed by atoms with E-state index in [1.54, 1.807) is 28.0 Å². The smallest absolute Gasteiger partial charge is 0.264 e. The average Bonchev–Trinajstić information content (AvgIpc) is 2.81. The van der Waals surface area contributed by atoms with Crippen molar-refractivity contribution < 1.29 is 28.5 Å². The summed E-state index contributed by atoms with van der Waals surface area (Å²) in [5.41, 5.74) is 0.659. The fourth-order valence-electron chi connectivity index (χ4n) is 3.18. The molecule has 1 aromatic carbocycles. The van der Waals surface area contributed by atoms with E-state index in [-0.39, 0.29) is 24.0 Å². The summed E-state index contributed by atoms with van der Waals surface area (Å²) in [6.45, 7) is 3.91. The Morgan fingerprint density at radius 1 is 1.07 bits per heavy atom. The molecule has 9 heteroatoms. The molecule has 160 valence electrons. The summed E-state index contributed by atoms with van der Waals surface area (Å²) in [5.74, 6) is 0.382. The first-order valence-corrected chi connectivity index (χ1v) is 9.77. The van der Waals surface area contributed by atoms with Crippen LogP contribution in [-0.4, -0.2) is 87.9 Å². The Morgan fingerprint density at radius 2 is 1.70 bits per heavy atom. The maximum atomic E-state index is 12.6. The number of nitriles is 1. The highest BCUT2D eigenvalue weighted by molar-refractivity contribution is 6.01. The van der Waals surface area contributed by atoms with Crippen LogP contribution in [0.3, 0.4) is 0 Å². The summed E-state index contributed by atoms with van der Waals surface area (Å²) in [7, 11) is 1.49. The first-order valence-electron chi connectivity index (χ1n) is 9.77. The van der Waals surface area contributed by atoms with Gasteiger partial charge in [-0.15, -0.1) is 0 Å². The van der Waals surface area contributed by atoms with Gasteiger partial charge in [-0.05, 0) is 23.8 Å². The molecule has 0 spiro atoms. The molecular formula is C21H25N3O6. The van der Waals surface area contributed by atoms with Gasteiger partial charge in [-0.1, -0.05) is 6.07 Å². The van der Waals surface area contributed by atoms with Crippen molar-refractivity contribution in [3.63, 3.8) is 0 Å². The van der Waals surface area contributed by atoms with Gasteiger partial charge < -0.3 is 28.7 Å². The summed E-state index contributed by atoms with van der Waals surface area (Å²) >= 11 is 0. The van der Waals surface area contributed by atoms with E-state index in [0.717, 1.165) is 0 Å². The maximum absolute atomic E-state index is 12.6. The SMILES string of the molecule is COc1cc(/C=C(\C#N)C(=O)N2CCOCC2)ccc1OCC(=O)N1CCOCC1. The third kappa shape index (κ3) is 5.49. The fourth-order valence-corrected chi connectivity index (χ4v) is 3.18. The molecule has 0 aromatic heterocycles. The first-order chi connectivity index (χ1) is 14.6. The van der Waals surface area contributed by atoms with Crippen LogP contribution < -0.4 is 9.47 Å². The van der Waals surface area contributed by atoms with Crippen LogP contribution in [0.2, 0.25) is 0 Å². The monoisotopic (exact) mass is 415 g/mol. The van der Waals surface area contributed by atoms with E-state index in [1.807, 2.05) is 6.07 Å². The van der Waals surface area contributed by atoms with Crippen LogP contribution in [0.1, 0.15) is 5.56 Å². The van der Waals surface area contributed by atoms with Crippen molar-refractivity contribution in [2.24, 2.45) is 0 Å². The molecule has 30 heavy (non-hydrogen) atoms. The molecule has 2 heterocycles. The fraction of sp³-hybridized carbons (Fsp3) is 0.476. The number of carbonyl (C=O) groups excluding carboxylic acids is 2. The number of hydrogen-bond donors (Lipinski definition) is 0. The minimum atomic E-state index is -0.323. The van der Waals surface area contributed by atoms with Crippen LogP contribution in [-0.2, 0) is 19.1 Å². The molecule has 0 aliphatic carbocycles. The minimum Gasteiger partial charge on any atom is -0.493 e. The van der Waals surface area contributed by atoms with Gasteiger partial charge in [0.05, 0.1) is 33.5 Å². The Labute approximate surface area is 175 Å². The maximum Gasteiger partial charge on any atom is 0.264 e. The van der Waals surface area contributed by atoms with Crippen molar-refractivity contribution in [2.75, 3.05) is 66.3 Å². The van der Waals surface area contributed by atoms with Gasteiger partial charge in [0.2, 0.25) is 0 Å². The molecule has 0 N–H and O–H groups in total. The van der Waals surface area contributed by atoms with Gasteiger partial charge in [0, 0.05) is 26.2 Å². The second-order valence-corrected chi connectivity index (χ2v) is 6.77. The Hall–Kier alpha value is -3.09. The topological polar surface area (TPSA) is 101 Å². The number of hydrogen-bond acceptors (Lipinski definition) is 7. The van der Waals surface area contributed by atoms with Gasteiger partial charge in [-0.3, -0.25) is 9.59 Å². The first kappa shape index (κ1) is 21.6. The molecule has 9 nitrogen and oxygen atoms in total. The van der Waals surface area contributed by atoms with Crippen molar-refractivity contribution in [1.82, 2.24) is 9.80 Å². The second kappa shape index (κ2) is 10.6. The molecule has 0 atom stereocenters. The van der Waals surface area contributed by atoms with E-state index in [9.17, 15) is 14.9 Å². The number of ether oxygens (including phenoxy) is 4. The van der Waals surface area contributed by atoms with Crippen LogP contribution in [0.15, 0.2) is 23.8 Å². The standard InChI is InChI=1S/C21H25N3O6/c1-27-19-13-16(12-17(14-22)21(26)24-6-10-29-11-7-24)2-3-18(19)30-15-20(25)23-4-8-28-9-5-23/h2-3,12-13H,4-11,15H2,1H3/b17-12+. The van der Waals surface area contributed by atoms with Gasteiger partial charge >= 0.3 is 0 Å². The largest absolute Gasteiger partial charge is 0.493 e. The number of methoxy groups -OCH3 is 1. The zero-order valence-electron chi connectivity index (χ0n) is 17.0. The van der Waals surface area contributed by atoms with E-state index in [1.165, 1.54) is 13.2 Å². The number of carbonyl (C=O) groups is 2. The average molecular weight is 415 g/mol. The van der Waals surface area contributed by atoms with Crippen LogP contribution >= 0.6 is 0 Å². The zero-order chi connectivity index (χ0) is 21.3. The van der Waals surface area contributed by atoms with Crippen LogP contribution in [0, 0.1) is 11.3 Å². The second-order valence-electron chi connectivity index (χ2n) is 6.77. The van der Waals surface area contributed by atoms with Gasteiger partial charge in [0.15, 0.2) is 18.1 Å². The molecule has 2 fully saturated rings. The van der Waals surface area contributed by atoms with Crippen molar-refractivity contribution in [3.8, 4) is 17.6 Å². The number of morpholine rings is 2. The number of rotatable bonds is 6. The Balaban J connectivity index is 1.67. The lowest BCUT2D eigenvalue weighted by molar-refractivity contribution is -0.137. The van der Waals surface area contributed by atoms with E-state index in [0.29, 0.717) is 69.7 Å². The summed E-state index contributed by atoms with van der Waals surface area (Å²) < 4.78 is 21.5. The predicted octanol–water partition coefficient (Wildman–Crippen LogP) is 0.699. The number of benzene rings is 1. The van der Waals surface area contributed by atoms with E-state index >= 15 is 0 Å². The Kier molecular flexibility index (Phi) is 7.65. The molecule has 2 aliphatic rings. The lowest BCUT2D eigenvalue weighted by Crippen LogP contribution is -2.43. The third-order valence-corrected chi connectivity index (χ3v) is 4.86. The van der Waals surface area contributed by atoms with Crippen LogP contribution in [0.4, 0.5) is 0 Å². The minimum absolute atomic E-state index is 0.0371. The number of nitrogens with zero attached hydrogens (tertiary/aromatic N) is 3. The van der Waals surface area contributed by atoms with E-state index < -0.39 is 0 Å². The van der Waals surface area contributed by atoms with Crippen molar-refractivity contribution in [2.45, 2.75) is 0 Å². The van der Waals surface area contributed by atoms with Crippen molar-refractivity contribution in [1.29, 1.82) is 5.26 Å². The molecule has 1 aromatic rings. The van der Waals surface area contributed by atoms with Crippen LogP contribution in [0.25, 0.3) is 6.08 Å². The Bertz CT molecular complexity index is 836. The Morgan fingerprint density at radius 3 is 2.30 bits per heavy atom. The molecule has 3 rings (SSSR count). The molecule has 2 aliphatic heterocycles. The predicted molar refractivity (Wildman–Crippen MR) is 107 cm³/mol. The molecule has 0 bridgehead atoms. The van der Waals surface area contributed by atoms with Gasteiger partial charge in [0.25, 0.3) is 11.8 Å². The highest BCUT2D eigenvalue weighted by Crippen LogP contribution is 2.29. The highest BCUT2D eigenvalue weighted by Gasteiger charge is 2.21. The molecule has 0 unspecified atom stereocenters. The summed E-state index contributed by atoms with van der Waals surface area (Å²) in [6, 6.07) is 7.01. The summed E-state index contributed by atoms with van der Waals surface area (Å²) in [6.07, 6.45) is 1.52. The van der Waals surface area contributed by atoms with Gasteiger partial charge in [0.1, 0.15) is 11.6 Å². The normalized spacial score (nSPS) is 17.3. The lowest BCUT2D eigenvalue weighted by atomic mass is 10.1. The van der Waals surface area contributed by atoms with Crippen molar-refractivity contribution >= 4 is 17.9 Å². The van der Waals surface area contributed by atoms with E-state index in [4.69, 9.17) is 18.9 Å². The lowest BCUT2D eigenvalue weighted by Gasteiger charge is -2.26. The number of amides is 2. The van der Waals surface area contributed by atoms with Gasteiger partial charge in [-0.2, -0.15) is 5.26 Å². The summed E-state index contributed by atoms with van der Waals surface area (Å²) in [5, 5.41) is 9.43. The molecule has 2 amide bonds. The molecular weight excluding hydrogens is 390 g/mol. The molecule has 0 radical (unpaired) electrons. The molecule has 0 saturated carbocycles.